The summed E-state index contributed by atoms with van der Waals surface area (Å²) in [6.07, 6.45) is 10.6. The SMILES string of the molecule is CCCCC(CC)CC(=O)C(CC(CC)CCCC)NO. The van der Waals surface area contributed by atoms with Crippen LogP contribution in [0.15, 0.2) is 0 Å². The van der Waals surface area contributed by atoms with Gasteiger partial charge in [-0.1, -0.05) is 79.1 Å². The maximum atomic E-state index is 12.4. The van der Waals surface area contributed by atoms with E-state index in [2.05, 4.69) is 33.2 Å². The van der Waals surface area contributed by atoms with Crippen LogP contribution in [0.5, 0.6) is 0 Å². The first-order valence-electron chi connectivity index (χ1n) is 9.04. The monoisotopic (exact) mass is 299 g/mol. The Balaban J connectivity index is 4.37. The van der Waals surface area contributed by atoms with Crippen LogP contribution in [0.2, 0.25) is 0 Å². The van der Waals surface area contributed by atoms with Crippen LogP contribution in [0.3, 0.4) is 0 Å². The normalized spacial score (nSPS) is 15.7. The standard InChI is InChI=1S/C18H37NO2/c1-5-9-11-15(7-3)13-17(19-21)18(20)14-16(8-4)12-10-6-2/h15-17,19,21H,5-14H2,1-4H3. The van der Waals surface area contributed by atoms with Crippen molar-refractivity contribution in [2.45, 2.75) is 97.9 Å². The van der Waals surface area contributed by atoms with E-state index in [1.807, 2.05) is 0 Å². The van der Waals surface area contributed by atoms with Crippen LogP contribution in [0, 0.1) is 11.8 Å². The molecule has 0 aliphatic rings. The first-order valence-corrected chi connectivity index (χ1v) is 9.04. The van der Waals surface area contributed by atoms with Gasteiger partial charge >= 0.3 is 0 Å². The summed E-state index contributed by atoms with van der Waals surface area (Å²) < 4.78 is 0. The maximum Gasteiger partial charge on any atom is 0.152 e. The molecule has 0 aliphatic heterocycles. The molecule has 3 atom stereocenters. The van der Waals surface area contributed by atoms with Crippen molar-refractivity contribution >= 4 is 5.78 Å². The second-order valence-corrected chi connectivity index (χ2v) is 6.42. The largest absolute Gasteiger partial charge is 0.316 e. The van der Waals surface area contributed by atoms with Gasteiger partial charge in [0.05, 0.1) is 6.04 Å². The predicted octanol–water partition coefficient (Wildman–Crippen LogP) is 5.12. The van der Waals surface area contributed by atoms with Gasteiger partial charge in [-0.05, 0) is 18.3 Å². The Kier molecular flexibility index (Phi) is 13.0. The van der Waals surface area contributed by atoms with Crippen LogP contribution in [-0.4, -0.2) is 17.0 Å². The number of carbonyl (C=O) groups excluding carboxylic acids is 1. The van der Waals surface area contributed by atoms with Gasteiger partial charge in [0.2, 0.25) is 0 Å². The van der Waals surface area contributed by atoms with Crippen molar-refractivity contribution in [2.24, 2.45) is 11.8 Å². The molecule has 0 bridgehead atoms. The second kappa shape index (κ2) is 13.3. The van der Waals surface area contributed by atoms with Gasteiger partial charge in [-0.25, -0.2) is 0 Å². The zero-order chi connectivity index (χ0) is 16.1. The van der Waals surface area contributed by atoms with Gasteiger partial charge in [-0.15, -0.1) is 0 Å². The van der Waals surface area contributed by atoms with Crippen molar-refractivity contribution in [3.8, 4) is 0 Å². The minimum absolute atomic E-state index is 0.190. The van der Waals surface area contributed by atoms with Crippen molar-refractivity contribution in [1.82, 2.24) is 5.48 Å². The molecule has 0 heterocycles. The molecule has 0 aromatic carbocycles. The second-order valence-electron chi connectivity index (χ2n) is 6.42. The molecule has 21 heavy (non-hydrogen) atoms. The van der Waals surface area contributed by atoms with E-state index in [0.717, 1.165) is 32.1 Å². The summed E-state index contributed by atoms with van der Waals surface area (Å²) in [5.41, 5.74) is 2.28. The summed E-state index contributed by atoms with van der Waals surface area (Å²) in [6.45, 7) is 8.71. The molecule has 0 spiro atoms. The van der Waals surface area contributed by atoms with Gasteiger partial charge in [-0.2, -0.15) is 5.48 Å². The smallest absolute Gasteiger partial charge is 0.152 e. The van der Waals surface area contributed by atoms with Gasteiger partial charge < -0.3 is 5.21 Å². The zero-order valence-electron chi connectivity index (χ0n) is 14.7. The Morgan fingerprint density at radius 1 is 0.952 bits per heavy atom. The molecule has 0 radical (unpaired) electrons. The average Bonchev–Trinajstić information content (AvgIpc) is 2.51. The van der Waals surface area contributed by atoms with Gasteiger partial charge in [0.1, 0.15) is 0 Å². The number of hydrogen-bond acceptors (Lipinski definition) is 3. The van der Waals surface area contributed by atoms with E-state index < -0.39 is 0 Å². The molecule has 3 heteroatoms. The topological polar surface area (TPSA) is 49.3 Å². The quantitative estimate of drug-likeness (QED) is 0.438. The molecule has 0 rings (SSSR count). The van der Waals surface area contributed by atoms with E-state index in [1.54, 1.807) is 0 Å². The highest BCUT2D eigenvalue weighted by molar-refractivity contribution is 5.84. The number of hydrogen-bond donors (Lipinski definition) is 2. The molecular formula is C18H37NO2. The van der Waals surface area contributed by atoms with Crippen LogP contribution in [0.25, 0.3) is 0 Å². The van der Waals surface area contributed by atoms with E-state index in [0.29, 0.717) is 18.3 Å². The highest BCUT2D eigenvalue weighted by Gasteiger charge is 2.23. The number of carbonyl (C=O) groups is 1. The lowest BCUT2D eigenvalue weighted by Gasteiger charge is -2.22. The number of hydroxylamine groups is 1. The first kappa shape index (κ1) is 20.6. The molecule has 3 unspecified atom stereocenters. The Morgan fingerprint density at radius 3 is 1.90 bits per heavy atom. The van der Waals surface area contributed by atoms with Crippen molar-refractivity contribution in [3.63, 3.8) is 0 Å². The van der Waals surface area contributed by atoms with Crippen LogP contribution in [0.4, 0.5) is 0 Å². The lowest BCUT2D eigenvalue weighted by atomic mass is 9.86. The van der Waals surface area contributed by atoms with E-state index >= 15 is 0 Å². The number of ketones is 1. The lowest BCUT2D eigenvalue weighted by molar-refractivity contribution is -0.125. The number of unbranched alkanes of at least 4 members (excludes halogenated alkanes) is 2. The van der Waals surface area contributed by atoms with Crippen molar-refractivity contribution in [3.05, 3.63) is 0 Å². The highest BCUT2D eigenvalue weighted by atomic mass is 16.5. The summed E-state index contributed by atoms with van der Waals surface area (Å²) in [4.78, 5) is 12.4. The molecule has 2 N–H and O–H groups in total. The van der Waals surface area contributed by atoms with E-state index in [-0.39, 0.29) is 11.8 Å². The molecule has 0 saturated heterocycles. The van der Waals surface area contributed by atoms with Gasteiger partial charge in [0.15, 0.2) is 5.78 Å². The Hall–Kier alpha value is -0.410. The highest BCUT2D eigenvalue weighted by Crippen LogP contribution is 2.22. The maximum absolute atomic E-state index is 12.4. The molecule has 0 aliphatic carbocycles. The van der Waals surface area contributed by atoms with Gasteiger partial charge in [0, 0.05) is 6.42 Å². The molecule has 3 nitrogen and oxygen atoms in total. The van der Waals surface area contributed by atoms with Crippen molar-refractivity contribution in [2.75, 3.05) is 0 Å². The van der Waals surface area contributed by atoms with Crippen LogP contribution < -0.4 is 5.48 Å². The Labute approximate surface area is 131 Å². The fourth-order valence-electron chi connectivity index (χ4n) is 2.94. The Bertz CT molecular complexity index is 256. The number of Topliss-reactive ketones (excluding diaryl/α,β-unsaturated/α-hetero) is 1. The summed E-state index contributed by atoms with van der Waals surface area (Å²) in [6, 6.07) is -0.373. The van der Waals surface area contributed by atoms with Crippen molar-refractivity contribution < 1.29 is 10.0 Å². The zero-order valence-corrected chi connectivity index (χ0v) is 14.7. The molecule has 126 valence electrons. The fourth-order valence-corrected chi connectivity index (χ4v) is 2.94. The summed E-state index contributed by atoms with van der Waals surface area (Å²) in [7, 11) is 0. The lowest BCUT2D eigenvalue weighted by Crippen LogP contribution is -2.37. The van der Waals surface area contributed by atoms with E-state index in [4.69, 9.17) is 0 Å². The molecule has 0 aromatic heterocycles. The third-order valence-electron chi connectivity index (χ3n) is 4.69. The fraction of sp³-hybridized carbons (Fsp3) is 0.944. The third-order valence-corrected chi connectivity index (χ3v) is 4.69. The Morgan fingerprint density at radius 2 is 1.48 bits per heavy atom. The predicted molar refractivity (Wildman–Crippen MR) is 89.6 cm³/mol. The molecule has 0 fully saturated rings. The average molecular weight is 299 g/mol. The van der Waals surface area contributed by atoms with Gasteiger partial charge in [0.25, 0.3) is 0 Å². The third kappa shape index (κ3) is 9.26. The van der Waals surface area contributed by atoms with Crippen LogP contribution in [-0.2, 0) is 4.79 Å². The molecule has 0 amide bonds. The number of nitrogens with one attached hydrogen (secondary N) is 1. The molecular weight excluding hydrogens is 262 g/mol. The van der Waals surface area contributed by atoms with Crippen LogP contribution in [0.1, 0.15) is 91.9 Å². The van der Waals surface area contributed by atoms with E-state index in [1.165, 1.54) is 25.7 Å². The van der Waals surface area contributed by atoms with Crippen molar-refractivity contribution in [1.29, 1.82) is 0 Å². The first-order chi connectivity index (χ1) is 10.1. The minimum Gasteiger partial charge on any atom is -0.316 e. The van der Waals surface area contributed by atoms with Crippen LogP contribution >= 0.6 is 0 Å². The summed E-state index contributed by atoms with van der Waals surface area (Å²) >= 11 is 0. The van der Waals surface area contributed by atoms with Gasteiger partial charge in [-0.3, -0.25) is 4.79 Å². The minimum atomic E-state index is -0.373. The summed E-state index contributed by atoms with van der Waals surface area (Å²) in [5, 5.41) is 9.36. The number of rotatable bonds is 14. The molecule has 0 aromatic rings. The van der Waals surface area contributed by atoms with E-state index in [9.17, 15) is 10.0 Å². The molecule has 0 saturated carbocycles. The summed E-state index contributed by atoms with van der Waals surface area (Å²) in [5.74, 6) is 1.20.